The van der Waals surface area contributed by atoms with E-state index in [0.717, 1.165) is 5.56 Å². The van der Waals surface area contributed by atoms with Gasteiger partial charge in [0.2, 0.25) is 0 Å². The van der Waals surface area contributed by atoms with Crippen molar-refractivity contribution in [3.63, 3.8) is 0 Å². The van der Waals surface area contributed by atoms with Gasteiger partial charge in [0.05, 0.1) is 5.71 Å². The molecule has 5 nitrogen and oxygen atoms in total. The summed E-state index contributed by atoms with van der Waals surface area (Å²) >= 11 is 0. The Bertz CT molecular complexity index is 412. The molecule has 0 radical (unpaired) electrons. The second-order valence-electron chi connectivity index (χ2n) is 3.59. The minimum absolute atomic E-state index is 0.514. The Labute approximate surface area is 99.9 Å². The number of nitrogens with two attached hydrogens (primary N) is 1. The topological polar surface area (TPSA) is 84.9 Å². The van der Waals surface area contributed by atoms with Gasteiger partial charge in [-0.05, 0) is 43.2 Å². The van der Waals surface area contributed by atoms with Crippen LogP contribution in [-0.2, 0) is 4.79 Å². The maximum Gasteiger partial charge on any atom is 0.258 e. The Morgan fingerprint density at radius 1 is 1.47 bits per heavy atom. The van der Waals surface area contributed by atoms with Gasteiger partial charge in [-0.2, -0.15) is 0 Å². The zero-order valence-electron chi connectivity index (χ0n) is 9.88. The minimum atomic E-state index is -0.669. The van der Waals surface area contributed by atoms with Gasteiger partial charge in [-0.3, -0.25) is 4.79 Å². The molecule has 1 aromatic rings. The molecule has 92 valence electrons. The van der Waals surface area contributed by atoms with Gasteiger partial charge in [0, 0.05) is 0 Å². The highest BCUT2D eigenvalue weighted by Gasteiger charge is 2.10. The third-order valence-corrected chi connectivity index (χ3v) is 2.36. The van der Waals surface area contributed by atoms with Gasteiger partial charge >= 0.3 is 0 Å². The molecule has 0 saturated carbocycles. The van der Waals surface area contributed by atoms with Gasteiger partial charge in [0.15, 0.2) is 6.10 Å². The zero-order valence-corrected chi connectivity index (χ0v) is 9.88. The summed E-state index contributed by atoms with van der Waals surface area (Å²) in [5.41, 5.74) is 6.50. The summed E-state index contributed by atoms with van der Waals surface area (Å²) in [7, 11) is 0. The molecule has 1 rings (SSSR count). The molecular weight excluding hydrogens is 220 g/mol. The van der Waals surface area contributed by atoms with Crippen molar-refractivity contribution in [2.24, 2.45) is 10.9 Å². The van der Waals surface area contributed by atoms with Crippen LogP contribution < -0.4 is 10.5 Å². The lowest BCUT2D eigenvalue weighted by Gasteiger charge is -2.11. The van der Waals surface area contributed by atoms with Crippen LogP contribution in [0.5, 0.6) is 5.75 Å². The van der Waals surface area contributed by atoms with E-state index in [0.29, 0.717) is 17.9 Å². The number of oxime groups is 1. The van der Waals surface area contributed by atoms with Crippen LogP contribution in [-0.4, -0.2) is 22.9 Å². The quantitative estimate of drug-likeness (QED) is 0.462. The SMILES string of the molecule is CC/C(=N\O)c1ccc(OC(C)C(N)=O)cc1. The lowest BCUT2D eigenvalue weighted by atomic mass is 10.1. The highest BCUT2D eigenvalue weighted by molar-refractivity contribution is 6.00. The number of hydrogen-bond donors (Lipinski definition) is 2. The van der Waals surface area contributed by atoms with E-state index in [9.17, 15) is 4.79 Å². The molecule has 0 heterocycles. The maximum absolute atomic E-state index is 10.8. The van der Waals surface area contributed by atoms with Crippen molar-refractivity contribution >= 4 is 11.6 Å². The highest BCUT2D eigenvalue weighted by atomic mass is 16.5. The number of benzene rings is 1. The number of carbonyl (C=O) groups excluding carboxylic acids is 1. The number of rotatable bonds is 5. The van der Waals surface area contributed by atoms with Crippen LogP contribution in [0.2, 0.25) is 0 Å². The van der Waals surface area contributed by atoms with Crippen molar-refractivity contribution in [3.8, 4) is 5.75 Å². The van der Waals surface area contributed by atoms with Crippen molar-refractivity contribution in [3.05, 3.63) is 29.8 Å². The first-order chi connectivity index (χ1) is 8.08. The predicted molar refractivity (Wildman–Crippen MR) is 64.3 cm³/mol. The molecule has 5 heteroatoms. The first kappa shape index (κ1) is 13.0. The van der Waals surface area contributed by atoms with E-state index < -0.39 is 12.0 Å². The third-order valence-electron chi connectivity index (χ3n) is 2.36. The fraction of sp³-hybridized carbons (Fsp3) is 0.333. The Morgan fingerprint density at radius 2 is 2.06 bits per heavy atom. The molecule has 17 heavy (non-hydrogen) atoms. The molecule has 1 aromatic carbocycles. The number of carbonyl (C=O) groups is 1. The van der Waals surface area contributed by atoms with E-state index in [1.54, 1.807) is 31.2 Å². The van der Waals surface area contributed by atoms with Gasteiger partial charge in [-0.15, -0.1) is 0 Å². The van der Waals surface area contributed by atoms with Crippen molar-refractivity contribution in [1.82, 2.24) is 0 Å². The molecule has 1 amide bonds. The molecular formula is C12H16N2O3. The van der Waals surface area contributed by atoms with Crippen LogP contribution in [0.15, 0.2) is 29.4 Å². The summed E-state index contributed by atoms with van der Waals surface area (Å²) in [5, 5.41) is 12.0. The molecule has 1 atom stereocenters. The zero-order chi connectivity index (χ0) is 12.8. The molecule has 3 N–H and O–H groups in total. The molecule has 0 aliphatic rings. The monoisotopic (exact) mass is 236 g/mol. The van der Waals surface area contributed by atoms with E-state index in [4.69, 9.17) is 15.7 Å². The van der Waals surface area contributed by atoms with E-state index >= 15 is 0 Å². The summed E-state index contributed by atoms with van der Waals surface area (Å²) in [4.78, 5) is 10.8. The number of nitrogens with zero attached hydrogens (tertiary/aromatic N) is 1. The minimum Gasteiger partial charge on any atom is -0.481 e. The Balaban J connectivity index is 2.78. The average molecular weight is 236 g/mol. The van der Waals surface area contributed by atoms with E-state index in [1.165, 1.54) is 0 Å². The summed E-state index contributed by atoms with van der Waals surface area (Å²) in [6, 6.07) is 6.94. The van der Waals surface area contributed by atoms with Crippen LogP contribution in [0.3, 0.4) is 0 Å². The van der Waals surface area contributed by atoms with E-state index in [2.05, 4.69) is 5.16 Å². The first-order valence-electron chi connectivity index (χ1n) is 5.35. The van der Waals surface area contributed by atoms with Gasteiger partial charge in [-0.1, -0.05) is 12.1 Å². The summed E-state index contributed by atoms with van der Waals surface area (Å²) in [6.45, 7) is 3.48. The van der Waals surface area contributed by atoms with Crippen molar-refractivity contribution < 1.29 is 14.7 Å². The smallest absolute Gasteiger partial charge is 0.258 e. The molecule has 0 bridgehead atoms. The molecule has 0 aromatic heterocycles. The summed E-state index contributed by atoms with van der Waals surface area (Å²) in [6.07, 6.45) is -0.0352. The fourth-order valence-corrected chi connectivity index (χ4v) is 1.32. The van der Waals surface area contributed by atoms with Crippen LogP contribution in [0.25, 0.3) is 0 Å². The maximum atomic E-state index is 10.8. The lowest BCUT2D eigenvalue weighted by molar-refractivity contribution is -0.123. The molecule has 0 fully saturated rings. The molecule has 1 unspecified atom stereocenters. The van der Waals surface area contributed by atoms with Crippen LogP contribution in [0.4, 0.5) is 0 Å². The Hall–Kier alpha value is -2.04. The van der Waals surface area contributed by atoms with Crippen LogP contribution in [0, 0.1) is 0 Å². The Morgan fingerprint density at radius 3 is 2.47 bits per heavy atom. The third kappa shape index (κ3) is 3.48. The van der Waals surface area contributed by atoms with Crippen LogP contribution in [0.1, 0.15) is 25.8 Å². The first-order valence-corrected chi connectivity index (χ1v) is 5.35. The second-order valence-corrected chi connectivity index (χ2v) is 3.59. The average Bonchev–Trinajstić information content (AvgIpc) is 2.32. The molecule has 0 aliphatic heterocycles. The van der Waals surface area contributed by atoms with Gasteiger partial charge in [0.25, 0.3) is 5.91 Å². The standard InChI is InChI=1S/C12H16N2O3/c1-3-11(14-16)9-4-6-10(7-5-9)17-8(2)12(13)15/h4-8,16H,3H2,1-2H3,(H2,13,15)/b14-11+. The number of ether oxygens (including phenoxy) is 1. The molecule has 0 spiro atoms. The largest absolute Gasteiger partial charge is 0.481 e. The van der Waals surface area contributed by atoms with Crippen molar-refractivity contribution in [1.29, 1.82) is 0 Å². The van der Waals surface area contributed by atoms with E-state index in [1.807, 2.05) is 6.92 Å². The highest BCUT2D eigenvalue weighted by Crippen LogP contribution is 2.15. The molecule has 0 aliphatic carbocycles. The van der Waals surface area contributed by atoms with Gasteiger partial charge in [0.1, 0.15) is 5.75 Å². The summed E-state index contributed by atoms with van der Waals surface area (Å²) < 4.78 is 5.30. The van der Waals surface area contributed by atoms with Gasteiger partial charge in [-0.25, -0.2) is 0 Å². The normalized spacial score (nSPS) is 13.2. The van der Waals surface area contributed by atoms with E-state index in [-0.39, 0.29) is 0 Å². The van der Waals surface area contributed by atoms with Crippen molar-refractivity contribution in [2.45, 2.75) is 26.4 Å². The van der Waals surface area contributed by atoms with Crippen LogP contribution >= 0.6 is 0 Å². The Kier molecular flexibility index (Phi) is 4.51. The second kappa shape index (κ2) is 5.89. The fourth-order valence-electron chi connectivity index (χ4n) is 1.32. The lowest BCUT2D eigenvalue weighted by Crippen LogP contribution is -2.30. The summed E-state index contributed by atoms with van der Waals surface area (Å²) in [5.74, 6) is 0.0358. The predicted octanol–water partition coefficient (Wildman–Crippen LogP) is 1.53. The number of primary amides is 1. The molecule has 0 saturated heterocycles. The number of amides is 1. The van der Waals surface area contributed by atoms with Gasteiger partial charge < -0.3 is 15.7 Å². The van der Waals surface area contributed by atoms with Crippen molar-refractivity contribution in [2.75, 3.05) is 0 Å². The number of hydrogen-bond acceptors (Lipinski definition) is 4.